The number of nitrogens with zero attached hydrogens (tertiary/aromatic N) is 1. The molecule has 1 aromatic carbocycles. The summed E-state index contributed by atoms with van der Waals surface area (Å²) in [4.78, 5) is 26.4. The van der Waals surface area contributed by atoms with Gasteiger partial charge in [-0.25, -0.2) is 4.79 Å². The first kappa shape index (κ1) is 18.2. The molecule has 3 rings (SSSR count). The Labute approximate surface area is 151 Å². The fraction of sp³-hybridized carbons (Fsp3) is 0.556. The number of carboxylic acids is 1. The second-order valence-corrected chi connectivity index (χ2v) is 7.12. The molecule has 136 valence electrons. The molecular formula is C18H22ClNO5. The van der Waals surface area contributed by atoms with Crippen LogP contribution >= 0.6 is 11.6 Å². The van der Waals surface area contributed by atoms with Crippen molar-refractivity contribution < 1.29 is 24.2 Å². The zero-order valence-electron chi connectivity index (χ0n) is 14.1. The van der Waals surface area contributed by atoms with Crippen molar-refractivity contribution in [2.24, 2.45) is 0 Å². The highest BCUT2D eigenvalue weighted by atomic mass is 35.5. The van der Waals surface area contributed by atoms with Crippen molar-refractivity contribution >= 4 is 23.5 Å². The summed E-state index contributed by atoms with van der Waals surface area (Å²) in [5.74, 6) is -1.12. The molecule has 1 aromatic rings. The Kier molecular flexibility index (Phi) is 5.32. The molecule has 2 aliphatic heterocycles. The maximum absolute atomic E-state index is 13.5. The summed E-state index contributed by atoms with van der Waals surface area (Å²) in [6.45, 7) is 3.19. The van der Waals surface area contributed by atoms with Crippen molar-refractivity contribution in [2.75, 3.05) is 26.3 Å². The maximum atomic E-state index is 13.5. The Hall–Kier alpha value is -1.63. The average Bonchev–Trinajstić information content (AvgIpc) is 2.61. The monoisotopic (exact) mass is 367 g/mol. The molecule has 2 fully saturated rings. The molecule has 0 bridgehead atoms. The highest BCUT2D eigenvalue weighted by Gasteiger charge is 2.46. The van der Waals surface area contributed by atoms with E-state index in [4.69, 9.17) is 21.1 Å². The SMILES string of the molecule is C[C@@H]1CN(C(=O)C2(c3cccc(Cl)c3)CCOCC2)CC(C(=O)O)O1. The Balaban J connectivity index is 1.93. The zero-order valence-corrected chi connectivity index (χ0v) is 14.9. The van der Waals surface area contributed by atoms with Gasteiger partial charge in [-0.3, -0.25) is 4.79 Å². The van der Waals surface area contributed by atoms with Gasteiger partial charge in [-0.1, -0.05) is 23.7 Å². The first-order valence-electron chi connectivity index (χ1n) is 8.44. The molecule has 7 heteroatoms. The van der Waals surface area contributed by atoms with Crippen LogP contribution in [0.4, 0.5) is 0 Å². The molecule has 2 atom stereocenters. The number of ether oxygens (including phenoxy) is 2. The minimum atomic E-state index is -1.05. The number of rotatable bonds is 3. The van der Waals surface area contributed by atoms with E-state index in [0.29, 0.717) is 37.6 Å². The first-order chi connectivity index (χ1) is 11.9. The minimum Gasteiger partial charge on any atom is -0.479 e. The molecule has 1 unspecified atom stereocenters. The van der Waals surface area contributed by atoms with Gasteiger partial charge in [0.05, 0.1) is 18.1 Å². The second-order valence-electron chi connectivity index (χ2n) is 6.69. The standard InChI is InChI=1S/C18H22ClNO5/c1-12-10-20(11-15(25-12)16(21)22)17(23)18(5-7-24-8-6-18)13-3-2-4-14(19)9-13/h2-4,9,12,15H,5-8,10-11H2,1H3,(H,21,22)/t12-,15?/m1/s1. The van der Waals surface area contributed by atoms with Gasteiger partial charge >= 0.3 is 5.97 Å². The van der Waals surface area contributed by atoms with E-state index in [1.165, 1.54) is 0 Å². The van der Waals surface area contributed by atoms with Crippen LogP contribution in [0.15, 0.2) is 24.3 Å². The van der Waals surface area contributed by atoms with Gasteiger partial charge in [0.25, 0.3) is 0 Å². The summed E-state index contributed by atoms with van der Waals surface area (Å²) in [5.41, 5.74) is 0.128. The summed E-state index contributed by atoms with van der Waals surface area (Å²) in [6, 6.07) is 7.35. The Morgan fingerprint density at radius 3 is 2.64 bits per heavy atom. The van der Waals surface area contributed by atoms with Gasteiger partial charge in [0.2, 0.25) is 5.91 Å². The molecule has 25 heavy (non-hydrogen) atoms. The lowest BCUT2D eigenvalue weighted by Crippen LogP contribution is -2.57. The number of amides is 1. The van der Waals surface area contributed by atoms with Crippen LogP contribution in [0.1, 0.15) is 25.3 Å². The number of hydrogen-bond acceptors (Lipinski definition) is 4. The highest BCUT2D eigenvalue weighted by Crippen LogP contribution is 2.38. The predicted octanol–water partition coefficient (Wildman–Crippen LogP) is 2.09. The van der Waals surface area contributed by atoms with Crippen LogP contribution in [-0.4, -0.2) is 60.4 Å². The quantitative estimate of drug-likeness (QED) is 0.885. The van der Waals surface area contributed by atoms with Crippen LogP contribution in [0.3, 0.4) is 0 Å². The lowest BCUT2D eigenvalue weighted by atomic mass is 9.72. The van der Waals surface area contributed by atoms with Gasteiger partial charge in [-0.05, 0) is 37.5 Å². The number of carboxylic acid groups (broad SMARTS) is 1. The van der Waals surface area contributed by atoms with Crippen LogP contribution in [0.2, 0.25) is 5.02 Å². The van der Waals surface area contributed by atoms with Gasteiger partial charge in [0.15, 0.2) is 6.10 Å². The summed E-state index contributed by atoms with van der Waals surface area (Å²) < 4.78 is 10.9. The minimum absolute atomic E-state index is 0.0572. The van der Waals surface area contributed by atoms with Crippen molar-refractivity contribution in [1.29, 1.82) is 0 Å². The van der Waals surface area contributed by atoms with Crippen molar-refractivity contribution in [1.82, 2.24) is 4.90 Å². The Bertz CT molecular complexity index is 659. The number of carbonyl (C=O) groups excluding carboxylic acids is 1. The zero-order chi connectivity index (χ0) is 18.0. The summed E-state index contributed by atoms with van der Waals surface area (Å²) in [5, 5.41) is 9.86. The van der Waals surface area contributed by atoms with Crippen LogP contribution in [0.25, 0.3) is 0 Å². The predicted molar refractivity (Wildman–Crippen MR) is 91.7 cm³/mol. The molecule has 1 amide bonds. The number of halogens is 1. The van der Waals surface area contributed by atoms with E-state index in [1.807, 2.05) is 18.2 Å². The third kappa shape index (κ3) is 3.66. The number of hydrogen-bond donors (Lipinski definition) is 1. The molecule has 0 radical (unpaired) electrons. The highest BCUT2D eigenvalue weighted by molar-refractivity contribution is 6.30. The van der Waals surface area contributed by atoms with E-state index in [1.54, 1.807) is 17.9 Å². The second kappa shape index (κ2) is 7.32. The summed E-state index contributed by atoms with van der Waals surface area (Å²) in [6.07, 6.45) is -0.218. The molecule has 6 nitrogen and oxygen atoms in total. The molecule has 1 N–H and O–H groups in total. The number of benzene rings is 1. The molecule has 2 heterocycles. The van der Waals surface area contributed by atoms with Crippen molar-refractivity contribution in [2.45, 2.75) is 37.4 Å². The molecule has 2 saturated heterocycles. The molecule has 2 aliphatic rings. The van der Waals surface area contributed by atoms with Gasteiger partial charge in [-0.2, -0.15) is 0 Å². The first-order valence-corrected chi connectivity index (χ1v) is 8.81. The van der Waals surface area contributed by atoms with E-state index in [2.05, 4.69) is 0 Å². The van der Waals surface area contributed by atoms with Crippen molar-refractivity contribution in [3.8, 4) is 0 Å². The third-order valence-corrected chi connectivity index (χ3v) is 5.19. The number of aliphatic carboxylic acids is 1. The number of carbonyl (C=O) groups is 2. The van der Waals surface area contributed by atoms with Crippen molar-refractivity contribution in [3.05, 3.63) is 34.9 Å². The third-order valence-electron chi connectivity index (χ3n) is 4.96. The van der Waals surface area contributed by atoms with Gasteiger partial charge in [-0.15, -0.1) is 0 Å². The van der Waals surface area contributed by atoms with Crippen LogP contribution in [0, 0.1) is 0 Å². The summed E-state index contributed by atoms with van der Waals surface area (Å²) >= 11 is 6.15. The Morgan fingerprint density at radius 2 is 2.00 bits per heavy atom. The molecule has 0 saturated carbocycles. The van der Waals surface area contributed by atoms with Gasteiger partial charge in [0, 0.05) is 24.8 Å². The largest absolute Gasteiger partial charge is 0.479 e. The smallest absolute Gasteiger partial charge is 0.334 e. The van der Waals surface area contributed by atoms with E-state index >= 15 is 0 Å². The topological polar surface area (TPSA) is 76.1 Å². The maximum Gasteiger partial charge on any atom is 0.334 e. The fourth-order valence-corrected chi connectivity index (χ4v) is 3.88. The van der Waals surface area contributed by atoms with E-state index in [9.17, 15) is 14.7 Å². The van der Waals surface area contributed by atoms with Gasteiger partial charge in [0.1, 0.15) is 0 Å². The molecule has 0 aromatic heterocycles. The van der Waals surface area contributed by atoms with Crippen LogP contribution in [0.5, 0.6) is 0 Å². The van der Waals surface area contributed by atoms with E-state index in [-0.39, 0.29) is 18.6 Å². The van der Waals surface area contributed by atoms with E-state index < -0.39 is 17.5 Å². The van der Waals surface area contributed by atoms with Crippen LogP contribution < -0.4 is 0 Å². The number of morpholine rings is 1. The Morgan fingerprint density at radius 1 is 1.28 bits per heavy atom. The summed E-state index contributed by atoms with van der Waals surface area (Å²) in [7, 11) is 0. The lowest BCUT2D eigenvalue weighted by molar-refractivity contribution is -0.169. The normalized spacial score (nSPS) is 26.2. The van der Waals surface area contributed by atoms with Gasteiger partial charge < -0.3 is 19.5 Å². The van der Waals surface area contributed by atoms with E-state index in [0.717, 1.165) is 5.56 Å². The molecule has 0 spiro atoms. The molecule has 0 aliphatic carbocycles. The van der Waals surface area contributed by atoms with Crippen molar-refractivity contribution in [3.63, 3.8) is 0 Å². The fourth-order valence-electron chi connectivity index (χ4n) is 3.69. The average molecular weight is 368 g/mol. The van der Waals surface area contributed by atoms with Crippen LogP contribution in [-0.2, 0) is 24.5 Å². The lowest BCUT2D eigenvalue weighted by Gasteiger charge is -2.43. The molecular weight excluding hydrogens is 346 g/mol.